The number of nitrogens with two attached hydrogens (primary N) is 1. The molecule has 1 heterocycles. The van der Waals surface area contributed by atoms with E-state index in [0.29, 0.717) is 19.5 Å². The molecule has 0 bridgehead atoms. The Morgan fingerprint density at radius 2 is 2.33 bits per heavy atom. The quantitative estimate of drug-likeness (QED) is 0.817. The van der Waals surface area contributed by atoms with E-state index in [-0.39, 0.29) is 5.91 Å². The van der Waals surface area contributed by atoms with Gasteiger partial charge < -0.3 is 15.8 Å². The second-order valence-corrected chi connectivity index (χ2v) is 4.53. The molecule has 18 heavy (non-hydrogen) atoms. The molecule has 0 saturated heterocycles. The summed E-state index contributed by atoms with van der Waals surface area (Å²) in [6.45, 7) is 1.89. The molecule has 0 spiro atoms. The van der Waals surface area contributed by atoms with Gasteiger partial charge in [0.05, 0.1) is 6.61 Å². The highest BCUT2D eigenvalue weighted by Crippen LogP contribution is 2.25. The molecule has 1 aromatic carbocycles. The zero-order valence-corrected chi connectivity index (χ0v) is 10.6. The van der Waals surface area contributed by atoms with E-state index >= 15 is 0 Å². The molecule has 0 atom stereocenters. The van der Waals surface area contributed by atoms with Crippen molar-refractivity contribution < 1.29 is 9.53 Å². The molecular weight excluding hydrogens is 228 g/mol. The largest absolute Gasteiger partial charge is 0.493 e. The van der Waals surface area contributed by atoms with Gasteiger partial charge in [-0.15, -0.1) is 0 Å². The number of aryl methyl sites for hydroxylation is 1. The lowest BCUT2D eigenvalue weighted by Crippen LogP contribution is -2.27. The summed E-state index contributed by atoms with van der Waals surface area (Å²) in [6.07, 6.45) is 3.42. The smallest absolute Gasteiger partial charge is 0.221 e. The number of rotatable bonds is 5. The van der Waals surface area contributed by atoms with E-state index < -0.39 is 0 Å². The zero-order valence-electron chi connectivity index (χ0n) is 10.6. The second kappa shape index (κ2) is 6.40. The highest BCUT2D eigenvalue weighted by Gasteiger charge is 2.10. The van der Waals surface area contributed by atoms with Gasteiger partial charge >= 0.3 is 0 Å². The normalized spacial score (nSPS) is 13.6. The third-order valence-corrected chi connectivity index (χ3v) is 3.08. The molecular formula is C14H20N2O2. The first-order chi connectivity index (χ1) is 8.79. The molecule has 4 nitrogen and oxygen atoms in total. The van der Waals surface area contributed by atoms with Crippen LogP contribution in [0.3, 0.4) is 0 Å². The average Bonchev–Trinajstić information content (AvgIpc) is 2.39. The maximum atomic E-state index is 11.3. The molecule has 0 fully saturated rings. The third kappa shape index (κ3) is 3.47. The minimum Gasteiger partial charge on any atom is -0.493 e. The minimum atomic E-state index is 0.0267. The Hall–Kier alpha value is -1.55. The first-order valence-corrected chi connectivity index (χ1v) is 6.51. The van der Waals surface area contributed by atoms with Gasteiger partial charge in [-0.3, -0.25) is 4.79 Å². The molecule has 3 N–H and O–H groups in total. The molecule has 1 aliphatic rings. The van der Waals surface area contributed by atoms with Crippen molar-refractivity contribution in [2.45, 2.75) is 25.7 Å². The van der Waals surface area contributed by atoms with Crippen LogP contribution in [-0.2, 0) is 17.6 Å². The molecule has 4 heteroatoms. The van der Waals surface area contributed by atoms with Gasteiger partial charge in [0.2, 0.25) is 5.91 Å². The van der Waals surface area contributed by atoms with E-state index in [2.05, 4.69) is 17.4 Å². The molecule has 1 amide bonds. The van der Waals surface area contributed by atoms with Gasteiger partial charge in [0.1, 0.15) is 5.75 Å². The minimum absolute atomic E-state index is 0.0267. The average molecular weight is 248 g/mol. The van der Waals surface area contributed by atoms with Gasteiger partial charge in [-0.1, -0.05) is 12.1 Å². The zero-order chi connectivity index (χ0) is 12.8. The fraction of sp³-hybridized carbons (Fsp3) is 0.500. The number of benzene rings is 1. The molecule has 0 aliphatic carbocycles. The fourth-order valence-electron chi connectivity index (χ4n) is 2.13. The van der Waals surface area contributed by atoms with Gasteiger partial charge in [0.25, 0.3) is 0 Å². The maximum absolute atomic E-state index is 11.3. The lowest BCUT2D eigenvalue weighted by Gasteiger charge is -2.17. The molecule has 0 saturated carbocycles. The molecule has 0 unspecified atom stereocenters. The summed E-state index contributed by atoms with van der Waals surface area (Å²) in [7, 11) is 0. The van der Waals surface area contributed by atoms with Gasteiger partial charge in [-0.2, -0.15) is 0 Å². The van der Waals surface area contributed by atoms with E-state index in [1.54, 1.807) is 0 Å². The summed E-state index contributed by atoms with van der Waals surface area (Å²) in [6, 6.07) is 6.29. The number of carbonyl (C=O) groups excluding carboxylic acids is 1. The Kier molecular flexibility index (Phi) is 4.59. The van der Waals surface area contributed by atoms with Crippen LogP contribution < -0.4 is 15.8 Å². The number of nitrogens with one attached hydrogen (secondary N) is 1. The Morgan fingerprint density at radius 1 is 1.44 bits per heavy atom. The SMILES string of the molecule is NCCC(=O)NCCc1ccc2c(c1)CCCO2. The molecule has 98 valence electrons. The van der Waals surface area contributed by atoms with Gasteiger partial charge in [0, 0.05) is 19.5 Å². The van der Waals surface area contributed by atoms with Crippen LogP contribution in [0.4, 0.5) is 0 Å². The highest BCUT2D eigenvalue weighted by atomic mass is 16.5. The van der Waals surface area contributed by atoms with Crippen LogP contribution in [0.5, 0.6) is 5.75 Å². The second-order valence-electron chi connectivity index (χ2n) is 4.53. The lowest BCUT2D eigenvalue weighted by molar-refractivity contribution is -0.120. The van der Waals surface area contributed by atoms with Crippen LogP contribution in [0.2, 0.25) is 0 Å². The molecule has 2 rings (SSSR count). The summed E-state index contributed by atoms with van der Waals surface area (Å²) in [4.78, 5) is 11.3. The Bertz CT molecular complexity index is 418. The van der Waals surface area contributed by atoms with Crippen LogP contribution >= 0.6 is 0 Å². The third-order valence-electron chi connectivity index (χ3n) is 3.08. The van der Waals surface area contributed by atoms with Crippen molar-refractivity contribution in [3.8, 4) is 5.75 Å². The predicted molar refractivity (Wildman–Crippen MR) is 70.6 cm³/mol. The summed E-state index contributed by atoms with van der Waals surface area (Å²) in [5.41, 5.74) is 7.84. The summed E-state index contributed by atoms with van der Waals surface area (Å²) in [5, 5.41) is 2.86. The van der Waals surface area contributed by atoms with E-state index in [1.165, 1.54) is 11.1 Å². The predicted octanol–water partition coefficient (Wildman–Crippen LogP) is 1.02. The standard InChI is InChI=1S/C14H20N2O2/c15-7-5-14(17)16-8-6-11-3-4-13-12(10-11)2-1-9-18-13/h3-4,10H,1-2,5-9,15H2,(H,16,17). The van der Waals surface area contributed by atoms with Crippen LogP contribution in [0, 0.1) is 0 Å². The number of hydrogen-bond donors (Lipinski definition) is 2. The maximum Gasteiger partial charge on any atom is 0.221 e. The van der Waals surface area contributed by atoms with Crippen molar-refractivity contribution in [1.29, 1.82) is 0 Å². The van der Waals surface area contributed by atoms with Gasteiger partial charge in [-0.25, -0.2) is 0 Å². The molecule has 1 aromatic rings. The monoisotopic (exact) mass is 248 g/mol. The molecule has 1 aliphatic heterocycles. The summed E-state index contributed by atoms with van der Waals surface area (Å²) >= 11 is 0. The van der Waals surface area contributed by atoms with E-state index in [4.69, 9.17) is 10.5 Å². The number of carbonyl (C=O) groups is 1. The van der Waals surface area contributed by atoms with Crippen molar-refractivity contribution in [2.24, 2.45) is 5.73 Å². The van der Waals surface area contributed by atoms with Crippen molar-refractivity contribution in [3.63, 3.8) is 0 Å². The molecule has 0 aromatic heterocycles. The fourth-order valence-corrected chi connectivity index (χ4v) is 2.13. The van der Waals surface area contributed by atoms with Crippen LogP contribution in [0.15, 0.2) is 18.2 Å². The first-order valence-electron chi connectivity index (χ1n) is 6.51. The Labute approximate surface area is 108 Å². The van der Waals surface area contributed by atoms with E-state index in [1.807, 2.05) is 6.07 Å². The number of ether oxygens (including phenoxy) is 1. The molecule has 0 radical (unpaired) electrons. The van der Waals surface area contributed by atoms with Crippen LogP contribution in [0.1, 0.15) is 24.0 Å². The summed E-state index contributed by atoms with van der Waals surface area (Å²) < 4.78 is 5.57. The van der Waals surface area contributed by atoms with Crippen molar-refractivity contribution in [1.82, 2.24) is 5.32 Å². The number of fused-ring (bicyclic) bond motifs is 1. The Balaban J connectivity index is 1.84. The van der Waals surface area contributed by atoms with Crippen molar-refractivity contribution in [2.75, 3.05) is 19.7 Å². The topological polar surface area (TPSA) is 64.4 Å². The van der Waals surface area contributed by atoms with Gasteiger partial charge in [0.15, 0.2) is 0 Å². The Morgan fingerprint density at radius 3 is 3.17 bits per heavy atom. The number of amides is 1. The first kappa shape index (κ1) is 12.9. The summed E-state index contributed by atoms with van der Waals surface area (Å²) in [5.74, 6) is 1.04. The highest BCUT2D eigenvalue weighted by molar-refractivity contribution is 5.76. The lowest BCUT2D eigenvalue weighted by atomic mass is 10.0. The van der Waals surface area contributed by atoms with E-state index in [0.717, 1.165) is 31.6 Å². The van der Waals surface area contributed by atoms with Crippen molar-refractivity contribution in [3.05, 3.63) is 29.3 Å². The van der Waals surface area contributed by atoms with Crippen molar-refractivity contribution >= 4 is 5.91 Å². The van der Waals surface area contributed by atoms with Crippen LogP contribution in [-0.4, -0.2) is 25.6 Å². The van der Waals surface area contributed by atoms with E-state index in [9.17, 15) is 4.79 Å². The number of hydrogen-bond acceptors (Lipinski definition) is 3. The van der Waals surface area contributed by atoms with Crippen LogP contribution in [0.25, 0.3) is 0 Å². The van der Waals surface area contributed by atoms with Gasteiger partial charge in [-0.05, 0) is 36.5 Å².